The van der Waals surface area contributed by atoms with E-state index in [9.17, 15) is 0 Å². The number of pyridine rings is 1. The van der Waals surface area contributed by atoms with Crippen LogP contribution in [-0.2, 0) is 0 Å². The lowest BCUT2D eigenvalue weighted by Gasteiger charge is -2.02. The minimum atomic E-state index is 0.394. The molecule has 0 aliphatic heterocycles. The van der Waals surface area contributed by atoms with E-state index in [4.69, 9.17) is 16.9 Å². The van der Waals surface area contributed by atoms with Crippen LogP contribution in [-0.4, -0.2) is 4.98 Å². The minimum absolute atomic E-state index is 0.394. The van der Waals surface area contributed by atoms with Crippen LogP contribution in [0, 0.1) is 18.3 Å². The van der Waals surface area contributed by atoms with Gasteiger partial charge in [0.05, 0.1) is 10.5 Å². The van der Waals surface area contributed by atoms with E-state index in [0.29, 0.717) is 16.2 Å². The summed E-state index contributed by atoms with van der Waals surface area (Å²) in [7, 11) is 0. The Labute approximate surface area is 86.8 Å². The van der Waals surface area contributed by atoms with Crippen LogP contribution in [0.1, 0.15) is 11.3 Å². The number of halogens is 1. The Bertz CT molecular complexity index is 541. The molecule has 3 heteroatoms. The molecule has 0 unspecified atom stereocenters. The van der Waals surface area contributed by atoms with Crippen molar-refractivity contribution in [3.63, 3.8) is 0 Å². The third kappa shape index (κ3) is 1.32. The van der Waals surface area contributed by atoms with E-state index in [1.54, 1.807) is 12.1 Å². The molecule has 2 aromatic rings. The molecule has 0 aliphatic carbocycles. The third-order valence-corrected chi connectivity index (χ3v) is 2.45. The van der Waals surface area contributed by atoms with E-state index in [-0.39, 0.29) is 0 Å². The number of benzene rings is 1. The quantitative estimate of drug-likeness (QED) is 0.658. The number of nitrogens with zero attached hydrogens (tertiary/aromatic N) is 2. The molecule has 0 amide bonds. The first kappa shape index (κ1) is 8.98. The first-order valence-electron chi connectivity index (χ1n) is 4.18. The van der Waals surface area contributed by atoms with Crippen LogP contribution in [0.2, 0.25) is 5.02 Å². The molecule has 0 aliphatic rings. The van der Waals surface area contributed by atoms with Gasteiger partial charge in [-0.1, -0.05) is 17.7 Å². The highest BCUT2D eigenvalue weighted by atomic mass is 35.5. The predicted molar refractivity (Wildman–Crippen MR) is 56.2 cm³/mol. The van der Waals surface area contributed by atoms with E-state index in [1.807, 2.05) is 25.1 Å². The van der Waals surface area contributed by atoms with Gasteiger partial charge in [0.25, 0.3) is 0 Å². The lowest BCUT2D eigenvalue weighted by molar-refractivity contribution is 1.32. The summed E-state index contributed by atoms with van der Waals surface area (Å²) in [6, 6.07) is 9.32. The van der Waals surface area contributed by atoms with Crippen LogP contribution in [0.4, 0.5) is 0 Å². The van der Waals surface area contributed by atoms with Gasteiger partial charge in [0.1, 0.15) is 11.8 Å². The van der Waals surface area contributed by atoms with E-state index in [2.05, 4.69) is 4.98 Å². The second-order valence-electron chi connectivity index (χ2n) is 3.07. The fourth-order valence-corrected chi connectivity index (χ4v) is 1.60. The van der Waals surface area contributed by atoms with E-state index < -0.39 is 0 Å². The SMILES string of the molecule is Cc1ccc(Cl)c2nc(C#N)ccc12. The lowest BCUT2D eigenvalue weighted by Crippen LogP contribution is -1.87. The highest BCUT2D eigenvalue weighted by molar-refractivity contribution is 6.35. The summed E-state index contributed by atoms with van der Waals surface area (Å²) in [5, 5.41) is 10.3. The number of aromatic nitrogens is 1. The zero-order valence-electron chi connectivity index (χ0n) is 7.58. The summed E-state index contributed by atoms with van der Waals surface area (Å²) in [5.41, 5.74) is 2.21. The fraction of sp³-hybridized carbons (Fsp3) is 0.0909. The molecule has 0 bridgehead atoms. The van der Waals surface area contributed by atoms with Gasteiger partial charge in [-0.25, -0.2) is 4.98 Å². The van der Waals surface area contributed by atoms with Gasteiger partial charge in [-0.05, 0) is 30.7 Å². The van der Waals surface area contributed by atoms with Gasteiger partial charge >= 0.3 is 0 Å². The van der Waals surface area contributed by atoms with Crippen LogP contribution in [0.5, 0.6) is 0 Å². The fourth-order valence-electron chi connectivity index (χ4n) is 1.39. The highest BCUT2D eigenvalue weighted by Crippen LogP contribution is 2.24. The Morgan fingerprint density at radius 2 is 2.07 bits per heavy atom. The third-order valence-electron chi connectivity index (χ3n) is 2.14. The maximum Gasteiger partial charge on any atom is 0.141 e. The van der Waals surface area contributed by atoms with Crippen molar-refractivity contribution < 1.29 is 0 Å². The summed E-state index contributed by atoms with van der Waals surface area (Å²) in [6.45, 7) is 1.99. The Morgan fingerprint density at radius 1 is 1.29 bits per heavy atom. The second kappa shape index (κ2) is 3.28. The maximum atomic E-state index is 8.70. The standard InChI is InChI=1S/C11H7ClN2/c1-7-2-5-10(12)11-9(7)4-3-8(6-13)14-11/h2-5H,1H3. The second-order valence-corrected chi connectivity index (χ2v) is 3.48. The molecule has 0 saturated heterocycles. The monoisotopic (exact) mass is 202 g/mol. The highest BCUT2D eigenvalue weighted by Gasteiger charge is 2.03. The first-order valence-corrected chi connectivity index (χ1v) is 4.56. The Morgan fingerprint density at radius 3 is 2.79 bits per heavy atom. The van der Waals surface area contributed by atoms with Crippen LogP contribution in [0.3, 0.4) is 0 Å². The lowest BCUT2D eigenvalue weighted by atomic mass is 10.1. The average Bonchev–Trinajstić information content (AvgIpc) is 2.23. The molecule has 0 atom stereocenters. The number of fused-ring (bicyclic) bond motifs is 1. The molecule has 68 valence electrons. The van der Waals surface area contributed by atoms with Gasteiger partial charge in [0.15, 0.2) is 0 Å². The van der Waals surface area contributed by atoms with Gasteiger partial charge < -0.3 is 0 Å². The molecule has 14 heavy (non-hydrogen) atoms. The molecule has 0 fully saturated rings. The van der Waals surface area contributed by atoms with Crippen LogP contribution >= 0.6 is 11.6 Å². The van der Waals surface area contributed by atoms with Crippen LogP contribution in [0.25, 0.3) is 10.9 Å². The van der Waals surface area contributed by atoms with Crippen LogP contribution < -0.4 is 0 Å². The first-order chi connectivity index (χ1) is 6.72. The average molecular weight is 203 g/mol. The van der Waals surface area contributed by atoms with Crippen molar-refractivity contribution in [1.82, 2.24) is 4.98 Å². The smallest absolute Gasteiger partial charge is 0.141 e. The Balaban J connectivity index is 2.89. The normalized spacial score (nSPS) is 10.1. The molecule has 2 rings (SSSR count). The van der Waals surface area contributed by atoms with Gasteiger partial charge in [-0.2, -0.15) is 5.26 Å². The summed E-state index contributed by atoms with van der Waals surface area (Å²) >= 11 is 5.99. The van der Waals surface area contributed by atoms with Crippen molar-refractivity contribution in [2.24, 2.45) is 0 Å². The number of nitriles is 1. The molecule has 1 aromatic carbocycles. The van der Waals surface area contributed by atoms with E-state index in [1.165, 1.54) is 0 Å². The van der Waals surface area contributed by atoms with E-state index in [0.717, 1.165) is 10.9 Å². The summed E-state index contributed by atoms with van der Waals surface area (Å²) in [6.07, 6.45) is 0. The molecule has 0 spiro atoms. The largest absolute Gasteiger partial charge is 0.236 e. The van der Waals surface area contributed by atoms with Crippen molar-refractivity contribution in [2.75, 3.05) is 0 Å². The van der Waals surface area contributed by atoms with Gasteiger partial charge in [-0.3, -0.25) is 0 Å². The van der Waals surface area contributed by atoms with Gasteiger partial charge in [0, 0.05) is 5.39 Å². The zero-order valence-corrected chi connectivity index (χ0v) is 8.34. The predicted octanol–water partition coefficient (Wildman–Crippen LogP) is 3.07. The zero-order chi connectivity index (χ0) is 10.1. The maximum absolute atomic E-state index is 8.70. The van der Waals surface area contributed by atoms with Crippen molar-refractivity contribution in [1.29, 1.82) is 5.26 Å². The summed E-state index contributed by atoms with van der Waals surface area (Å²) in [5.74, 6) is 0. The van der Waals surface area contributed by atoms with Crippen LogP contribution in [0.15, 0.2) is 24.3 Å². The van der Waals surface area contributed by atoms with Crippen molar-refractivity contribution in [3.8, 4) is 6.07 Å². The number of hydrogen-bond donors (Lipinski definition) is 0. The Kier molecular flexibility index (Phi) is 2.11. The molecular weight excluding hydrogens is 196 g/mol. The summed E-state index contributed by atoms with van der Waals surface area (Å²) in [4.78, 5) is 4.16. The van der Waals surface area contributed by atoms with Gasteiger partial charge in [0.2, 0.25) is 0 Å². The topological polar surface area (TPSA) is 36.7 Å². The van der Waals surface area contributed by atoms with Crippen molar-refractivity contribution in [3.05, 3.63) is 40.5 Å². The number of aryl methyl sites for hydroxylation is 1. The number of hydrogen-bond acceptors (Lipinski definition) is 2. The number of rotatable bonds is 0. The molecule has 0 saturated carbocycles. The summed E-state index contributed by atoms with van der Waals surface area (Å²) < 4.78 is 0. The Hall–Kier alpha value is -1.59. The molecule has 1 aromatic heterocycles. The van der Waals surface area contributed by atoms with Crippen molar-refractivity contribution >= 4 is 22.5 Å². The van der Waals surface area contributed by atoms with E-state index >= 15 is 0 Å². The molecule has 0 radical (unpaired) electrons. The van der Waals surface area contributed by atoms with Crippen molar-refractivity contribution in [2.45, 2.75) is 6.92 Å². The van der Waals surface area contributed by atoms with Gasteiger partial charge in [-0.15, -0.1) is 0 Å². The molecule has 1 heterocycles. The minimum Gasteiger partial charge on any atom is -0.236 e. The molecule has 2 nitrogen and oxygen atoms in total. The molecular formula is C11H7ClN2. The molecule has 0 N–H and O–H groups in total.